The monoisotopic (exact) mass is 296 g/mol. The Bertz CT molecular complexity index is 668. The lowest BCUT2D eigenvalue weighted by molar-refractivity contribution is 0.0516. The molecule has 0 saturated carbocycles. The molecular formula is C18H20N2O2. The standard InChI is InChI=1S/C18H20N2O2/c1-13(14-9-11-19-12-10-14)20-22-17(21)15-5-7-16(8-6-15)18(2,3)4/h5-12H,1-4H3. The van der Waals surface area contributed by atoms with Crippen molar-refractivity contribution in [2.45, 2.75) is 33.1 Å². The number of pyridine rings is 1. The molecule has 0 N–H and O–H groups in total. The van der Waals surface area contributed by atoms with Gasteiger partial charge in [-0.25, -0.2) is 4.79 Å². The van der Waals surface area contributed by atoms with Crippen molar-refractivity contribution in [2.24, 2.45) is 5.16 Å². The number of carbonyl (C=O) groups excluding carboxylic acids is 1. The van der Waals surface area contributed by atoms with Crippen LogP contribution in [0.4, 0.5) is 0 Å². The van der Waals surface area contributed by atoms with E-state index in [4.69, 9.17) is 4.84 Å². The molecule has 0 atom stereocenters. The van der Waals surface area contributed by atoms with Gasteiger partial charge in [0.25, 0.3) is 0 Å². The molecule has 0 unspecified atom stereocenters. The number of hydrogen-bond acceptors (Lipinski definition) is 4. The van der Waals surface area contributed by atoms with Crippen molar-refractivity contribution in [1.82, 2.24) is 4.98 Å². The molecule has 0 radical (unpaired) electrons. The highest BCUT2D eigenvalue weighted by Crippen LogP contribution is 2.22. The van der Waals surface area contributed by atoms with E-state index in [0.29, 0.717) is 11.3 Å². The molecule has 0 fully saturated rings. The molecule has 0 bridgehead atoms. The summed E-state index contributed by atoms with van der Waals surface area (Å²) in [5, 5.41) is 3.88. The Balaban J connectivity index is 2.07. The fourth-order valence-corrected chi connectivity index (χ4v) is 1.91. The summed E-state index contributed by atoms with van der Waals surface area (Å²) < 4.78 is 0. The summed E-state index contributed by atoms with van der Waals surface area (Å²) in [4.78, 5) is 20.9. The molecule has 4 nitrogen and oxygen atoms in total. The van der Waals surface area contributed by atoms with Crippen LogP contribution >= 0.6 is 0 Å². The van der Waals surface area contributed by atoms with E-state index in [1.807, 2.05) is 24.3 Å². The van der Waals surface area contributed by atoms with Crippen LogP contribution in [0, 0.1) is 0 Å². The number of benzene rings is 1. The number of aromatic nitrogens is 1. The topological polar surface area (TPSA) is 51.5 Å². The Labute approximate surface area is 130 Å². The average molecular weight is 296 g/mol. The van der Waals surface area contributed by atoms with Gasteiger partial charge in [0, 0.05) is 18.0 Å². The highest BCUT2D eigenvalue weighted by atomic mass is 16.7. The molecule has 1 heterocycles. The third-order valence-electron chi connectivity index (χ3n) is 3.35. The molecule has 1 aromatic carbocycles. The summed E-state index contributed by atoms with van der Waals surface area (Å²) in [5.74, 6) is -0.464. The van der Waals surface area contributed by atoms with E-state index >= 15 is 0 Å². The van der Waals surface area contributed by atoms with Gasteiger partial charge in [0.15, 0.2) is 0 Å². The lowest BCUT2D eigenvalue weighted by Gasteiger charge is -2.18. The van der Waals surface area contributed by atoms with E-state index in [2.05, 4.69) is 30.9 Å². The van der Waals surface area contributed by atoms with Crippen molar-refractivity contribution in [2.75, 3.05) is 0 Å². The second-order valence-corrected chi connectivity index (χ2v) is 6.12. The zero-order valence-electron chi connectivity index (χ0n) is 13.3. The number of oxime groups is 1. The van der Waals surface area contributed by atoms with Gasteiger partial charge in [0.1, 0.15) is 0 Å². The molecule has 1 aromatic heterocycles. The first-order valence-corrected chi connectivity index (χ1v) is 7.15. The molecule has 114 valence electrons. The first-order valence-electron chi connectivity index (χ1n) is 7.15. The van der Waals surface area contributed by atoms with Crippen molar-refractivity contribution in [3.05, 3.63) is 65.5 Å². The predicted molar refractivity (Wildman–Crippen MR) is 87.0 cm³/mol. The molecule has 22 heavy (non-hydrogen) atoms. The summed E-state index contributed by atoms with van der Waals surface area (Å²) in [6.07, 6.45) is 3.34. The van der Waals surface area contributed by atoms with Gasteiger partial charge in [-0.05, 0) is 42.2 Å². The molecule has 0 spiro atoms. The minimum atomic E-state index is -0.464. The third-order valence-corrected chi connectivity index (χ3v) is 3.35. The van der Waals surface area contributed by atoms with Crippen LogP contribution in [-0.2, 0) is 10.3 Å². The minimum Gasteiger partial charge on any atom is -0.313 e. The third kappa shape index (κ3) is 4.01. The summed E-state index contributed by atoms with van der Waals surface area (Å²) in [7, 11) is 0. The molecule has 0 saturated heterocycles. The Kier molecular flexibility index (Phi) is 4.71. The van der Waals surface area contributed by atoms with E-state index in [-0.39, 0.29) is 5.41 Å². The maximum Gasteiger partial charge on any atom is 0.365 e. The van der Waals surface area contributed by atoms with Gasteiger partial charge >= 0.3 is 5.97 Å². The van der Waals surface area contributed by atoms with Gasteiger partial charge in [0.2, 0.25) is 0 Å². The van der Waals surface area contributed by atoms with E-state index in [1.54, 1.807) is 31.5 Å². The van der Waals surface area contributed by atoms with Crippen LogP contribution in [0.5, 0.6) is 0 Å². The lowest BCUT2D eigenvalue weighted by atomic mass is 9.87. The van der Waals surface area contributed by atoms with E-state index in [9.17, 15) is 4.79 Å². The Morgan fingerprint density at radius 1 is 1.00 bits per heavy atom. The van der Waals surface area contributed by atoms with Crippen molar-refractivity contribution >= 4 is 11.7 Å². The summed E-state index contributed by atoms with van der Waals surface area (Å²) in [5.41, 5.74) is 3.20. The Morgan fingerprint density at radius 3 is 2.14 bits per heavy atom. The van der Waals surface area contributed by atoms with Gasteiger partial charge in [-0.1, -0.05) is 38.1 Å². The fourth-order valence-electron chi connectivity index (χ4n) is 1.91. The fraction of sp³-hybridized carbons (Fsp3) is 0.278. The van der Waals surface area contributed by atoms with Crippen molar-refractivity contribution in [1.29, 1.82) is 0 Å². The first kappa shape index (κ1) is 15.9. The van der Waals surface area contributed by atoms with E-state index in [1.165, 1.54) is 5.56 Å². The maximum atomic E-state index is 12.0. The van der Waals surface area contributed by atoms with Gasteiger partial charge in [-0.3, -0.25) is 4.98 Å². The SMILES string of the molecule is CC(=NOC(=O)c1ccc(C(C)(C)C)cc1)c1ccncc1. The Hall–Kier alpha value is -2.49. The van der Waals surface area contributed by atoms with Crippen molar-refractivity contribution in [3.63, 3.8) is 0 Å². The molecule has 2 rings (SSSR count). The number of rotatable bonds is 3. The normalized spacial score (nSPS) is 12.1. The van der Waals surface area contributed by atoms with Crippen LogP contribution < -0.4 is 0 Å². The second kappa shape index (κ2) is 6.52. The molecule has 0 aliphatic heterocycles. The van der Waals surface area contributed by atoms with E-state index < -0.39 is 5.97 Å². The number of carbonyl (C=O) groups is 1. The average Bonchev–Trinajstić information content (AvgIpc) is 2.52. The van der Waals surface area contributed by atoms with Crippen LogP contribution in [0.1, 0.15) is 49.2 Å². The smallest absolute Gasteiger partial charge is 0.313 e. The maximum absolute atomic E-state index is 12.0. The highest BCUT2D eigenvalue weighted by molar-refractivity contribution is 5.99. The molecular weight excluding hydrogens is 276 g/mol. The van der Waals surface area contributed by atoms with Gasteiger partial charge < -0.3 is 4.84 Å². The van der Waals surface area contributed by atoms with E-state index in [0.717, 1.165) is 5.56 Å². The minimum absolute atomic E-state index is 0.0541. The summed E-state index contributed by atoms with van der Waals surface area (Å²) in [6, 6.07) is 11.0. The highest BCUT2D eigenvalue weighted by Gasteiger charge is 2.15. The van der Waals surface area contributed by atoms with Crippen molar-refractivity contribution in [3.8, 4) is 0 Å². The summed E-state index contributed by atoms with van der Waals surface area (Å²) in [6.45, 7) is 8.17. The molecule has 0 aliphatic rings. The number of hydrogen-bond donors (Lipinski definition) is 0. The second-order valence-electron chi connectivity index (χ2n) is 6.12. The molecule has 0 amide bonds. The quantitative estimate of drug-likeness (QED) is 0.489. The van der Waals surface area contributed by atoms with Crippen LogP contribution in [-0.4, -0.2) is 16.7 Å². The predicted octanol–water partition coefficient (Wildman–Crippen LogP) is 3.96. The molecule has 4 heteroatoms. The van der Waals surface area contributed by atoms with Gasteiger partial charge in [0.05, 0.1) is 11.3 Å². The molecule has 2 aromatic rings. The van der Waals surface area contributed by atoms with Crippen LogP contribution in [0.15, 0.2) is 53.9 Å². The van der Waals surface area contributed by atoms with Crippen molar-refractivity contribution < 1.29 is 9.63 Å². The van der Waals surface area contributed by atoms with Gasteiger partial charge in [-0.15, -0.1) is 0 Å². The summed E-state index contributed by atoms with van der Waals surface area (Å²) >= 11 is 0. The van der Waals surface area contributed by atoms with Gasteiger partial charge in [-0.2, -0.15) is 0 Å². The van der Waals surface area contributed by atoms with Crippen LogP contribution in [0.2, 0.25) is 0 Å². The zero-order valence-corrected chi connectivity index (χ0v) is 13.3. The number of nitrogens with zero attached hydrogens (tertiary/aromatic N) is 2. The largest absolute Gasteiger partial charge is 0.365 e. The molecule has 0 aliphatic carbocycles. The first-order chi connectivity index (χ1) is 10.4. The lowest BCUT2D eigenvalue weighted by Crippen LogP contribution is -2.11. The zero-order chi connectivity index (χ0) is 16.2. The van der Waals surface area contributed by atoms with Crippen LogP contribution in [0.25, 0.3) is 0 Å². The van der Waals surface area contributed by atoms with Crippen LogP contribution in [0.3, 0.4) is 0 Å². The Morgan fingerprint density at radius 2 is 1.59 bits per heavy atom.